The third-order valence-corrected chi connectivity index (χ3v) is 3.79. The van der Waals surface area contributed by atoms with Gasteiger partial charge in [-0.25, -0.2) is 4.98 Å². The van der Waals surface area contributed by atoms with Crippen molar-refractivity contribution in [2.24, 2.45) is 0 Å². The van der Waals surface area contributed by atoms with Gasteiger partial charge < -0.3 is 10.6 Å². The minimum atomic E-state index is -0.346. The zero-order valence-electron chi connectivity index (χ0n) is 14.0. The zero-order valence-corrected chi connectivity index (χ0v) is 14.0. The number of nitrogens with zero attached hydrogens (tertiary/aromatic N) is 1. The predicted molar refractivity (Wildman–Crippen MR) is 98.8 cm³/mol. The van der Waals surface area contributed by atoms with Crippen molar-refractivity contribution in [3.63, 3.8) is 0 Å². The minimum absolute atomic E-state index is 0.204. The Morgan fingerprint density at radius 1 is 0.920 bits per heavy atom. The van der Waals surface area contributed by atoms with Crippen molar-refractivity contribution in [1.29, 1.82) is 0 Å². The molecule has 0 saturated heterocycles. The Labute approximate surface area is 146 Å². The second kappa shape index (κ2) is 7.57. The van der Waals surface area contributed by atoms with E-state index in [1.54, 1.807) is 30.3 Å². The van der Waals surface area contributed by atoms with Gasteiger partial charge in [-0.2, -0.15) is 0 Å². The van der Waals surface area contributed by atoms with E-state index < -0.39 is 0 Å². The van der Waals surface area contributed by atoms with Crippen LogP contribution >= 0.6 is 0 Å². The lowest BCUT2D eigenvalue weighted by molar-refractivity contribution is 0.0954. The van der Waals surface area contributed by atoms with Crippen molar-refractivity contribution in [1.82, 2.24) is 10.3 Å². The van der Waals surface area contributed by atoms with Gasteiger partial charge in [0.15, 0.2) is 0 Å². The van der Waals surface area contributed by atoms with E-state index in [0.29, 0.717) is 23.5 Å². The average Bonchev–Trinajstić information content (AvgIpc) is 2.66. The maximum absolute atomic E-state index is 12.5. The number of pyridine rings is 1. The maximum Gasteiger partial charge on any atom is 0.274 e. The van der Waals surface area contributed by atoms with E-state index in [2.05, 4.69) is 15.6 Å². The Hall–Kier alpha value is -3.21. The number of anilines is 1. The summed E-state index contributed by atoms with van der Waals surface area (Å²) in [6.07, 6.45) is 0.848. The van der Waals surface area contributed by atoms with Crippen LogP contribution in [0.25, 0.3) is 10.9 Å². The second-order valence-electron chi connectivity index (χ2n) is 5.64. The van der Waals surface area contributed by atoms with E-state index in [9.17, 15) is 9.59 Å². The number of para-hydroxylation sites is 2. The summed E-state index contributed by atoms with van der Waals surface area (Å²) in [6, 6.07) is 18.1. The van der Waals surface area contributed by atoms with Gasteiger partial charge in [0.2, 0.25) is 0 Å². The molecule has 3 aromatic rings. The quantitative estimate of drug-likeness (QED) is 0.749. The highest BCUT2D eigenvalue weighted by Crippen LogP contribution is 2.17. The van der Waals surface area contributed by atoms with Gasteiger partial charge in [-0.05, 0) is 30.7 Å². The van der Waals surface area contributed by atoms with E-state index in [4.69, 9.17) is 0 Å². The fourth-order valence-corrected chi connectivity index (χ4v) is 2.50. The van der Waals surface area contributed by atoms with E-state index in [0.717, 1.165) is 17.3 Å². The van der Waals surface area contributed by atoms with Crippen molar-refractivity contribution in [3.8, 4) is 0 Å². The van der Waals surface area contributed by atoms with Crippen LogP contribution in [0.15, 0.2) is 60.7 Å². The summed E-state index contributed by atoms with van der Waals surface area (Å²) >= 11 is 0. The topological polar surface area (TPSA) is 71.1 Å². The molecule has 0 fully saturated rings. The molecule has 5 heteroatoms. The summed E-state index contributed by atoms with van der Waals surface area (Å²) in [6.45, 7) is 2.58. The molecule has 2 aromatic carbocycles. The first-order valence-corrected chi connectivity index (χ1v) is 8.23. The second-order valence-corrected chi connectivity index (χ2v) is 5.64. The number of nitrogens with one attached hydrogen (secondary N) is 2. The maximum atomic E-state index is 12.5. The summed E-state index contributed by atoms with van der Waals surface area (Å²) < 4.78 is 0. The summed E-state index contributed by atoms with van der Waals surface area (Å²) in [5, 5.41) is 6.58. The fraction of sp³-hybridized carbons (Fsp3) is 0.150. The van der Waals surface area contributed by atoms with Crippen LogP contribution in [-0.4, -0.2) is 23.3 Å². The Morgan fingerprint density at radius 3 is 2.52 bits per heavy atom. The molecule has 1 aromatic heterocycles. The first kappa shape index (κ1) is 16.6. The molecular weight excluding hydrogens is 314 g/mol. The Morgan fingerprint density at radius 2 is 1.68 bits per heavy atom. The fourth-order valence-electron chi connectivity index (χ4n) is 2.50. The van der Waals surface area contributed by atoms with Gasteiger partial charge in [0.05, 0.1) is 16.8 Å². The summed E-state index contributed by atoms with van der Waals surface area (Å²) in [7, 11) is 0. The molecule has 0 atom stereocenters. The van der Waals surface area contributed by atoms with Crippen LogP contribution in [0.3, 0.4) is 0 Å². The van der Waals surface area contributed by atoms with Crippen LogP contribution in [0.5, 0.6) is 0 Å². The molecule has 0 radical (unpaired) electrons. The van der Waals surface area contributed by atoms with Crippen molar-refractivity contribution >= 4 is 28.4 Å². The number of carbonyl (C=O) groups excluding carboxylic acids is 2. The predicted octanol–water partition coefficient (Wildman–Crippen LogP) is 3.63. The first-order chi connectivity index (χ1) is 12.2. The summed E-state index contributed by atoms with van der Waals surface area (Å²) in [5.74, 6) is -0.550. The Balaban J connectivity index is 1.83. The highest BCUT2D eigenvalue weighted by atomic mass is 16.2. The number of rotatable bonds is 5. The molecule has 2 amide bonds. The monoisotopic (exact) mass is 333 g/mol. The molecule has 0 unspecified atom stereocenters. The molecule has 0 spiro atoms. The van der Waals surface area contributed by atoms with Crippen LogP contribution < -0.4 is 10.6 Å². The number of hydrogen-bond acceptors (Lipinski definition) is 3. The largest absolute Gasteiger partial charge is 0.352 e. The van der Waals surface area contributed by atoms with Crippen LogP contribution in [-0.2, 0) is 0 Å². The van der Waals surface area contributed by atoms with Crippen LogP contribution in [0.4, 0.5) is 5.69 Å². The van der Waals surface area contributed by atoms with Crippen molar-refractivity contribution in [2.75, 3.05) is 11.9 Å². The normalized spacial score (nSPS) is 10.4. The Kier molecular flexibility index (Phi) is 5.04. The van der Waals surface area contributed by atoms with Crippen molar-refractivity contribution in [3.05, 3.63) is 71.9 Å². The van der Waals surface area contributed by atoms with E-state index in [1.165, 1.54) is 0 Å². The average molecular weight is 333 g/mol. The van der Waals surface area contributed by atoms with Gasteiger partial charge >= 0.3 is 0 Å². The van der Waals surface area contributed by atoms with Crippen molar-refractivity contribution in [2.45, 2.75) is 13.3 Å². The number of aromatic nitrogens is 1. The summed E-state index contributed by atoms with van der Waals surface area (Å²) in [4.78, 5) is 29.2. The van der Waals surface area contributed by atoms with Gasteiger partial charge in [-0.1, -0.05) is 43.3 Å². The Bertz CT molecular complexity index is 921. The van der Waals surface area contributed by atoms with Gasteiger partial charge in [0.25, 0.3) is 11.8 Å². The highest BCUT2D eigenvalue weighted by molar-refractivity contribution is 6.08. The first-order valence-electron chi connectivity index (χ1n) is 8.23. The van der Waals surface area contributed by atoms with E-state index in [1.807, 2.05) is 37.3 Å². The molecule has 126 valence electrons. The molecule has 0 aliphatic carbocycles. The molecule has 0 saturated carbocycles. The molecule has 5 nitrogen and oxygen atoms in total. The minimum Gasteiger partial charge on any atom is -0.352 e. The van der Waals surface area contributed by atoms with Gasteiger partial charge in [0.1, 0.15) is 5.69 Å². The SMILES string of the molecule is CCCNC(=O)c1ccccc1NC(=O)c1ccc2ccccc2n1. The number of benzene rings is 2. The van der Waals surface area contributed by atoms with Crippen molar-refractivity contribution < 1.29 is 9.59 Å². The van der Waals surface area contributed by atoms with Crippen LogP contribution in [0.1, 0.15) is 34.2 Å². The zero-order chi connectivity index (χ0) is 17.6. The van der Waals surface area contributed by atoms with E-state index in [-0.39, 0.29) is 11.8 Å². The summed E-state index contributed by atoms with van der Waals surface area (Å²) in [5.41, 5.74) is 1.97. The highest BCUT2D eigenvalue weighted by Gasteiger charge is 2.14. The third kappa shape index (κ3) is 3.83. The van der Waals surface area contributed by atoms with Gasteiger partial charge in [-0.3, -0.25) is 9.59 Å². The number of hydrogen-bond donors (Lipinski definition) is 2. The molecule has 25 heavy (non-hydrogen) atoms. The lowest BCUT2D eigenvalue weighted by atomic mass is 10.1. The molecule has 0 aliphatic rings. The number of carbonyl (C=O) groups is 2. The molecular formula is C20H19N3O2. The van der Waals surface area contributed by atoms with Gasteiger partial charge in [-0.15, -0.1) is 0 Å². The molecule has 0 bridgehead atoms. The molecule has 2 N–H and O–H groups in total. The third-order valence-electron chi connectivity index (χ3n) is 3.79. The molecule has 0 aliphatic heterocycles. The van der Waals surface area contributed by atoms with Gasteiger partial charge in [0, 0.05) is 11.9 Å². The smallest absolute Gasteiger partial charge is 0.274 e. The standard InChI is InChI=1S/C20H19N3O2/c1-2-13-21-19(24)15-8-4-6-10-17(15)23-20(25)18-12-11-14-7-3-5-9-16(14)22-18/h3-12H,2,13H2,1H3,(H,21,24)(H,23,25). The van der Waals surface area contributed by atoms with E-state index >= 15 is 0 Å². The lowest BCUT2D eigenvalue weighted by Gasteiger charge is -2.11. The lowest BCUT2D eigenvalue weighted by Crippen LogP contribution is -2.26. The number of fused-ring (bicyclic) bond motifs is 1. The molecule has 1 heterocycles. The van der Waals surface area contributed by atoms with Crippen LogP contribution in [0.2, 0.25) is 0 Å². The molecule has 3 rings (SSSR count). The van der Waals surface area contributed by atoms with Crippen LogP contribution in [0, 0.1) is 0 Å². The number of amides is 2.